The maximum absolute atomic E-state index is 13.1. The average Bonchev–Trinajstić information content (AvgIpc) is 3.05. The number of methoxy groups -OCH3 is 1. The van der Waals surface area contributed by atoms with Crippen LogP contribution in [0.5, 0.6) is 5.75 Å². The number of amides is 1. The molecule has 1 aliphatic heterocycles. The largest absolute Gasteiger partial charge is 0.507 e. The molecular weight excluding hydrogens is 517 g/mol. The molecule has 8 heteroatoms. The van der Waals surface area contributed by atoms with Crippen LogP contribution in [-0.2, 0) is 9.59 Å². The van der Waals surface area contributed by atoms with E-state index in [2.05, 4.69) is 15.9 Å². The molecule has 1 atom stereocenters. The Morgan fingerprint density at radius 3 is 2.16 bits per heavy atom. The van der Waals surface area contributed by atoms with Gasteiger partial charge in [-0.25, -0.2) is 0 Å². The number of nitrogens with zero attached hydrogens (tertiary/aromatic N) is 1. The van der Waals surface area contributed by atoms with Crippen LogP contribution in [0, 0.1) is 0 Å². The fourth-order valence-electron chi connectivity index (χ4n) is 3.70. The number of benzene rings is 3. The van der Waals surface area contributed by atoms with Crippen LogP contribution in [0.2, 0.25) is 10.0 Å². The second-order valence-corrected chi connectivity index (χ2v) is 8.76. The van der Waals surface area contributed by atoms with Crippen LogP contribution in [0.25, 0.3) is 5.76 Å². The lowest BCUT2D eigenvalue weighted by Gasteiger charge is -2.25. The van der Waals surface area contributed by atoms with Gasteiger partial charge in [-0.05, 0) is 42.0 Å². The van der Waals surface area contributed by atoms with Crippen LogP contribution in [0.4, 0.5) is 5.69 Å². The summed E-state index contributed by atoms with van der Waals surface area (Å²) in [4.78, 5) is 27.6. The summed E-state index contributed by atoms with van der Waals surface area (Å²) in [5.74, 6) is -1.67. The maximum atomic E-state index is 13.1. The number of aliphatic hydroxyl groups excluding tert-OH is 1. The summed E-state index contributed by atoms with van der Waals surface area (Å²) >= 11 is 15.8. The van der Waals surface area contributed by atoms with E-state index in [4.69, 9.17) is 27.9 Å². The lowest BCUT2D eigenvalue weighted by molar-refractivity contribution is -0.132. The molecule has 4 rings (SSSR count). The summed E-state index contributed by atoms with van der Waals surface area (Å²) in [7, 11) is 1.42. The standard InChI is InChI=1S/C24H16BrCl2NO4/c1-32-23-17(26)11-14(12-18(23)27)21(29)19-20(13-5-3-2-4-6-13)28(24(31)22(19)30)16-9-7-15(25)8-10-16/h2-12,20,29H,1H3/b21-19+. The summed E-state index contributed by atoms with van der Waals surface area (Å²) in [5, 5.41) is 11.5. The summed E-state index contributed by atoms with van der Waals surface area (Å²) in [6.07, 6.45) is 0. The number of aliphatic hydroxyl groups is 1. The van der Waals surface area contributed by atoms with Crippen molar-refractivity contribution in [2.24, 2.45) is 0 Å². The van der Waals surface area contributed by atoms with Gasteiger partial charge in [-0.1, -0.05) is 69.5 Å². The van der Waals surface area contributed by atoms with Crippen molar-refractivity contribution in [2.75, 3.05) is 12.0 Å². The van der Waals surface area contributed by atoms with Crippen molar-refractivity contribution in [1.82, 2.24) is 0 Å². The molecule has 1 N–H and O–H groups in total. The predicted octanol–water partition coefficient (Wildman–Crippen LogP) is 6.39. The van der Waals surface area contributed by atoms with E-state index in [1.807, 2.05) is 6.07 Å². The normalized spacial score (nSPS) is 17.6. The van der Waals surface area contributed by atoms with Gasteiger partial charge in [-0.3, -0.25) is 14.5 Å². The van der Waals surface area contributed by atoms with Gasteiger partial charge in [-0.2, -0.15) is 0 Å². The van der Waals surface area contributed by atoms with E-state index in [0.29, 0.717) is 11.3 Å². The molecule has 0 aliphatic carbocycles. The highest BCUT2D eigenvalue weighted by atomic mass is 79.9. The monoisotopic (exact) mass is 531 g/mol. The van der Waals surface area contributed by atoms with Gasteiger partial charge >= 0.3 is 0 Å². The Labute approximate surface area is 203 Å². The summed E-state index contributed by atoms with van der Waals surface area (Å²) in [5.41, 5.74) is 1.34. The number of Topliss-reactive ketones (excluding diaryl/α,β-unsaturated/α-hetero) is 1. The van der Waals surface area contributed by atoms with Crippen LogP contribution in [0.15, 0.2) is 76.8 Å². The van der Waals surface area contributed by atoms with E-state index in [9.17, 15) is 14.7 Å². The molecule has 32 heavy (non-hydrogen) atoms. The van der Waals surface area contributed by atoms with E-state index in [1.54, 1.807) is 48.5 Å². The minimum atomic E-state index is -0.836. The van der Waals surface area contributed by atoms with Crippen molar-refractivity contribution in [2.45, 2.75) is 6.04 Å². The molecule has 0 radical (unpaired) electrons. The molecular formula is C24H16BrCl2NO4. The SMILES string of the molecule is COc1c(Cl)cc(/C(O)=C2\C(=O)C(=O)N(c3ccc(Br)cc3)C2c2ccccc2)cc1Cl. The molecule has 5 nitrogen and oxygen atoms in total. The quantitative estimate of drug-likeness (QED) is 0.240. The van der Waals surface area contributed by atoms with E-state index < -0.39 is 17.7 Å². The first-order valence-electron chi connectivity index (χ1n) is 9.48. The van der Waals surface area contributed by atoms with E-state index in [-0.39, 0.29) is 32.7 Å². The Kier molecular flexibility index (Phi) is 6.29. The number of anilines is 1. The molecule has 1 heterocycles. The zero-order valence-electron chi connectivity index (χ0n) is 16.7. The highest BCUT2D eigenvalue weighted by Gasteiger charge is 2.47. The number of halogens is 3. The van der Waals surface area contributed by atoms with Crippen molar-refractivity contribution < 1.29 is 19.4 Å². The number of carbonyl (C=O) groups is 2. The van der Waals surface area contributed by atoms with E-state index in [0.717, 1.165) is 4.47 Å². The molecule has 1 amide bonds. The Hall–Kier alpha value is -2.80. The highest BCUT2D eigenvalue weighted by molar-refractivity contribution is 9.10. The molecule has 162 valence electrons. The number of ether oxygens (including phenoxy) is 1. The van der Waals surface area contributed by atoms with Gasteiger partial charge in [0, 0.05) is 15.7 Å². The molecule has 0 aromatic heterocycles. The first-order chi connectivity index (χ1) is 15.3. The number of hydrogen-bond acceptors (Lipinski definition) is 4. The smallest absolute Gasteiger partial charge is 0.300 e. The minimum Gasteiger partial charge on any atom is -0.507 e. The van der Waals surface area contributed by atoms with Crippen LogP contribution in [-0.4, -0.2) is 23.9 Å². The molecule has 0 saturated carbocycles. The second kappa shape index (κ2) is 8.98. The van der Waals surface area contributed by atoms with Gasteiger partial charge in [0.2, 0.25) is 0 Å². The van der Waals surface area contributed by atoms with Gasteiger partial charge in [0.1, 0.15) is 5.76 Å². The Morgan fingerprint density at radius 1 is 1.00 bits per heavy atom. The van der Waals surface area contributed by atoms with Gasteiger partial charge in [0.15, 0.2) is 5.75 Å². The molecule has 3 aromatic carbocycles. The fourth-order valence-corrected chi connectivity index (χ4v) is 4.60. The van der Waals surface area contributed by atoms with Gasteiger partial charge in [-0.15, -0.1) is 0 Å². The van der Waals surface area contributed by atoms with Gasteiger partial charge in [0.25, 0.3) is 11.7 Å². The van der Waals surface area contributed by atoms with Gasteiger partial charge < -0.3 is 9.84 Å². The van der Waals surface area contributed by atoms with Crippen LogP contribution < -0.4 is 9.64 Å². The second-order valence-electron chi connectivity index (χ2n) is 7.03. The number of rotatable bonds is 4. The van der Waals surface area contributed by atoms with Crippen molar-refractivity contribution in [3.05, 3.63) is 97.9 Å². The number of carbonyl (C=O) groups excluding carboxylic acids is 2. The number of hydrogen-bond donors (Lipinski definition) is 1. The summed E-state index contributed by atoms with van der Waals surface area (Å²) in [6, 6.07) is 18.1. The third kappa shape index (κ3) is 3.90. The summed E-state index contributed by atoms with van der Waals surface area (Å²) < 4.78 is 5.98. The molecule has 1 unspecified atom stereocenters. The van der Waals surface area contributed by atoms with Crippen LogP contribution >= 0.6 is 39.1 Å². The molecule has 1 saturated heterocycles. The topological polar surface area (TPSA) is 66.8 Å². The third-order valence-corrected chi connectivity index (χ3v) is 6.23. The number of ketones is 1. The Morgan fingerprint density at radius 2 is 1.59 bits per heavy atom. The summed E-state index contributed by atoms with van der Waals surface area (Å²) in [6.45, 7) is 0. The third-order valence-electron chi connectivity index (χ3n) is 5.14. The molecule has 3 aromatic rings. The lowest BCUT2D eigenvalue weighted by atomic mass is 9.95. The Balaban J connectivity index is 1.94. The zero-order chi connectivity index (χ0) is 23.0. The van der Waals surface area contributed by atoms with Crippen molar-refractivity contribution in [1.29, 1.82) is 0 Å². The van der Waals surface area contributed by atoms with Gasteiger partial charge in [0.05, 0.1) is 28.8 Å². The van der Waals surface area contributed by atoms with Crippen LogP contribution in [0.3, 0.4) is 0 Å². The molecule has 0 bridgehead atoms. The van der Waals surface area contributed by atoms with Crippen molar-refractivity contribution >= 4 is 62.3 Å². The maximum Gasteiger partial charge on any atom is 0.300 e. The first-order valence-corrected chi connectivity index (χ1v) is 11.0. The fraction of sp³-hybridized carbons (Fsp3) is 0.0833. The first kappa shape index (κ1) is 22.4. The highest BCUT2D eigenvalue weighted by Crippen LogP contribution is 2.43. The van der Waals surface area contributed by atoms with Crippen molar-refractivity contribution in [3.63, 3.8) is 0 Å². The zero-order valence-corrected chi connectivity index (χ0v) is 19.8. The van der Waals surface area contributed by atoms with E-state index in [1.165, 1.54) is 24.1 Å². The van der Waals surface area contributed by atoms with E-state index >= 15 is 0 Å². The minimum absolute atomic E-state index is 0.0542. The predicted molar refractivity (Wildman–Crippen MR) is 128 cm³/mol. The molecule has 1 aliphatic rings. The molecule has 1 fully saturated rings. The molecule has 0 spiro atoms. The average molecular weight is 533 g/mol. The lowest BCUT2D eigenvalue weighted by Crippen LogP contribution is -2.29. The Bertz CT molecular complexity index is 1220. The van der Waals surface area contributed by atoms with Crippen LogP contribution in [0.1, 0.15) is 17.2 Å². The van der Waals surface area contributed by atoms with Crippen molar-refractivity contribution in [3.8, 4) is 5.75 Å².